The van der Waals surface area contributed by atoms with Gasteiger partial charge in [0.15, 0.2) is 0 Å². The molecule has 0 atom stereocenters. The Morgan fingerprint density at radius 2 is 1.90 bits per heavy atom. The van der Waals surface area contributed by atoms with Gasteiger partial charge in [0.05, 0.1) is 11.4 Å². The predicted molar refractivity (Wildman–Crippen MR) is 85.0 cm³/mol. The largest absolute Gasteiger partial charge is 0.298 e. The number of rotatable bonds is 5. The van der Waals surface area contributed by atoms with Gasteiger partial charge in [0, 0.05) is 22.4 Å². The highest BCUT2D eigenvalue weighted by atomic mass is 32.2. The highest BCUT2D eigenvalue weighted by molar-refractivity contribution is 7.98. The van der Waals surface area contributed by atoms with Gasteiger partial charge in [-0.15, -0.1) is 11.8 Å². The second-order valence-corrected chi connectivity index (χ2v) is 5.61. The van der Waals surface area contributed by atoms with Gasteiger partial charge in [-0.1, -0.05) is 30.3 Å². The molecule has 0 radical (unpaired) electrons. The third-order valence-electron chi connectivity index (χ3n) is 3.05. The summed E-state index contributed by atoms with van der Waals surface area (Å²) in [5.41, 5.74) is 2.77. The van der Waals surface area contributed by atoms with Crippen LogP contribution < -0.4 is 0 Å². The topological polar surface area (TPSA) is 34.9 Å². The molecule has 1 aromatic heterocycles. The van der Waals surface area contributed by atoms with E-state index in [4.69, 9.17) is 0 Å². The summed E-state index contributed by atoms with van der Waals surface area (Å²) in [6.07, 6.45) is 2.83. The van der Waals surface area contributed by atoms with E-state index in [1.807, 2.05) is 65.5 Å². The predicted octanol–water partition coefficient (Wildman–Crippen LogP) is 3.98. The molecule has 4 heteroatoms. The molecule has 0 aliphatic heterocycles. The lowest BCUT2D eigenvalue weighted by Gasteiger charge is -2.01. The van der Waals surface area contributed by atoms with Gasteiger partial charge in [0.2, 0.25) is 0 Å². The Bertz CT molecular complexity index is 737. The lowest BCUT2D eigenvalue weighted by Crippen LogP contribution is -1.95. The van der Waals surface area contributed by atoms with Crippen molar-refractivity contribution in [1.29, 1.82) is 0 Å². The van der Waals surface area contributed by atoms with Crippen molar-refractivity contribution in [3.8, 4) is 5.69 Å². The molecule has 0 spiro atoms. The number of benzene rings is 2. The van der Waals surface area contributed by atoms with E-state index < -0.39 is 0 Å². The Hall–Kier alpha value is -2.33. The van der Waals surface area contributed by atoms with E-state index in [0.29, 0.717) is 5.56 Å². The van der Waals surface area contributed by atoms with Crippen LogP contribution in [0, 0.1) is 0 Å². The van der Waals surface area contributed by atoms with Crippen LogP contribution in [0.2, 0.25) is 0 Å². The van der Waals surface area contributed by atoms with Crippen LogP contribution in [-0.2, 0) is 5.75 Å². The van der Waals surface area contributed by atoms with Crippen LogP contribution >= 0.6 is 11.8 Å². The van der Waals surface area contributed by atoms with Crippen LogP contribution in [0.25, 0.3) is 5.69 Å². The molecule has 1 heterocycles. The SMILES string of the molecule is O=Cc1cccc(SCc2ccn(-c3ccccc3)n2)c1. The number of nitrogens with zero attached hydrogens (tertiary/aromatic N) is 2. The van der Waals surface area contributed by atoms with Crippen LogP contribution in [0.1, 0.15) is 16.1 Å². The number of hydrogen-bond acceptors (Lipinski definition) is 3. The number of para-hydroxylation sites is 1. The van der Waals surface area contributed by atoms with Crippen molar-refractivity contribution in [2.75, 3.05) is 0 Å². The first-order chi connectivity index (χ1) is 10.3. The van der Waals surface area contributed by atoms with E-state index in [9.17, 15) is 4.79 Å². The Morgan fingerprint density at radius 3 is 2.71 bits per heavy atom. The maximum atomic E-state index is 10.8. The van der Waals surface area contributed by atoms with Crippen LogP contribution in [-0.4, -0.2) is 16.1 Å². The number of aldehydes is 1. The fourth-order valence-corrected chi connectivity index (χ4v) is 2.86. The fraction of sp³-hybridized carbons (Fsp3) is 0.0588. The van der Waals surface area contributed by atoms with Crippen molar-refractivity contribution in [3.05, 3.63) is 78.1 Å². The molecular weight excluding hydrogens is 280 g/mol. The molecule has 3 nitrogen and oxygen atoms in total. The maximum Gasteiger partial charge on any atom is 0.150 e. The molecule has 0 aliphatic carbocycles. The summed E-state index contributed by atoms with van der Waals surface area (Å²) < 4.78 is 1.87. The summed E-state index contributed by atoms with van der Waals surface area (Å²) in [6.45, 7) is 0. The average Bonchev–Trinajstić information content (AvgIpc) is 3.03. The molecule has 2 aromatic carbocycles. The van der Waals surface area contributed by atoms with Crippen molar-refractivity contribution in [1.82, 2.24) is 9.78 Å². The van der Waals surface area contributed by atoms with Crippen LogP contribution in [0.5, 0.6) is 0 Å². The molecule has 3 rings (SSSR count). The van der Waals surface area contributed by atoms with Crippen molar-refractivity contribution in [3.63, 3.8) is 0 Å². The number of hydrogen-bond donors (Lipinski definition) is 0. The van der Waals surface area contributed by atoms with Crippen LogP contribution in [0.4, 0.5) is 0 Å². The van der Waals surface area contributed by atoms with Gasteiger partial charge in [0.25, 0.3) is 0 Å². The number of carbonyl (C=O) groups is 1. The summed E-state index contributed by atoms with van der Waals surface area (Å²) in [4.78, 5) is 11.8. The summed E-state index contributed by atoms with van der Waals surface area (Å²) in [5, 5.41) is 4.56. The van der Waals surface area contributed by atoms with E-state index in [0.717, 1.165) is 28.3 Å². The molecule has 0 fully saturated rings. The quantitative estimate of drug-likeness (QED) is 0.527. The highest BCUT2D eigenvalue weighted by Gasteiger charge is 2.02. The zero-order valence-corrected chi connectivity index (χ0v) is 12.2. The Morgan fingerprint density at radius 1 is 1.05 bits per heavy atom. The highest BCUT2D eigenvalue weighted by Crippen LogP contribution is 2.22. The monoisotopic (exact) mass is 294 g/mol. The minimum atomic E-state index is 0.704. The zero-order chi connectivity index (χ0) is 14.5. The van der Waals surface area contributed by atoms with Crippen molar-refractivity contribution >= 4 is 18.0 Å². The zero-order valence-electron chi connectivity index (χ0n) is 11.3. The van der Waals surface area contributed by atoms with E-state index in [1.54, 1.807) is 17.8 Å². The molecule has 0 amide bonds. The van der Waals surface area contributed by atoms with Crippen LogP contribution in [0.15, 0.2) is 71.8 Å². The second-order valence-electron chi connectivity index (χ2n) is 4.57. The first-order valence-electron chi connectivity index (χ1n) is 6.63. The normalized spacial score (nSPS) is 10.5. The second kappa shape index (κ2) is 6.41. The minimum Gasteiger partial charge on any atom is -0.298 e. The molecule has 104 valence electrons. The molecule has 3 aromatic rings. The third kappa shape index (κ3) is 3.41. The number of thioether (sulfide) groups is 1. The molecule has 21 heavy (non-hydrogen) atoms. The average molecular weight is 294 g/mol. The summed E-state index contributed by atoms with van der Waals surface area (Å²) in [6, 6.07) is 19.7. The van der Waals surface area contributed by atoms with Gasteiger partial charge >= 0.3 is 0 Å². The summed E-state index contributed by atoms with van der Waals surface area (Å²) >= 11 is 1.68. The maximum absolute atomic E-state index is 10.8. The smallest absolute Gasteiger partial charge is 0.150 e. The van der Waals surface area contributed by atoms with E-state index >= 15 is 0 Å². The van der Waals surface area contributed by atoms with E-state index in [2.05, 4.69) is 5.10 Å². The molecule has 0 saturated heterocycles. The van der Waals surface area contributed by atoms with E-state index in [1.165, 1.54) is 0 Å². The summed E-state index contributed by atoms with van der Waals surface area (Å²) in [7, 11) is 0. The van der Waals surface area contributed by atoms with Gasteiger partial charge in [-0.2, -0.15) is 5.10 Å². The first kappa shape index (κ1) is 13.6. The molecule has 0 saturated carbocycles. The third-order valence-corrected chi connectivity index (χ3v) is 4.07. The Kier molecular flexibility index (Phi) is 4.17. The van der Waals surface area contributed by atoms with Crippen molar-refractivity contribution in [2.24, 2.45) is 0 Å². The van der Waals surface area contributed by atoms with Gasteiger partial charge in [-0.05, 0) is 30.3 Å². The standard InChI is InChI=1S/C17H14N2OS/c20-12-14-5-4-8-17(11-14)21-13-15-9-10-19(18-15)16-6-2-1-3-7-16/h1-12H,13H2. The molecule has 0 N–H and O–H groups in total. The minimum absolute atomic E-state index is 0.704. The lowest BCUT2D eigenvalue weighted by molar-refractivity contribution is 0.112. The van der Waals surface area contributed by atoms with Crippen molar-refractivity contribution in [2.45, 2.75) is 10.6 Å². The molecular formula is C17H14N2OS. The van der Waals surface area contributed by atoms with E-state index in [-0.39, 0.29) is 0 Å². The Labute approximate surface area is 127 Å². The Balaban J connectivity index is 1.69. The lowest BCUT2D eigenvalue weighted by atomic mass is 10.2. The van der Waals surface area contributed by atoms with Crippen LogP contribution in [0.3, 0.4) is 0 Å². The first-order valence-corrected chi connectivity index (χ1v) is 7.62. The number of aromatic nitrogens is 2. The summed E-state index contributed by atoms with van der Waals surface area (Å²) in [5.74, 6) is 0.780. The van der Waals surface area contributed by atoms with Crippen molar-refractivity contribution < 1.29 is 4.79 Å². The van der Waals surface area contributed by atoms with Gasteiger partial charge in [0.1, 0.15) is 6.29 Å². The number of carbonyl (C=O) groups excluding carboxylic acids is 1. The van der Waals surface area contributed by atoms with Gasteiger partial charge in [-0.25, -0.2) is 4.68 Å². The fourth-order valence-electron chi connectivity index (χ4n) is 2.00. The molecule has 0 unspecified atom stereocenters. The molecule has 0 aliphatic rings. The molecule has 0 bridgehead atoms. The van der Waals surface area contributed by atoms with Gasteiger partial charge in [-0.3, -0.25) is 4.79 Å². The van der Waals surface area contributed by atoms with Gasteiger partial charge < -0.3 is 0 Å².